The molecule has 27 heavy (non-hydrogen) atoms. The van der Waals surface area contributed by atoms with Gasteiger partial charge in [-0.25, -0.2) is 5.43 Å². The molecule has 0 bridgehead atoms. The molecule has 9 heteroatoms. The number of H-pyrrole nitrogens is 1. The summed E-state index contributed by atoms with van der Waals surface area (Å²) in [6.45, 7) is 0. The summed E-state index contributed by atoms with van der Waals surface area (Å²) >= 11 is 3.46. The summed E-state index contributed by atoms with van der Waals surface area (Å²) in [6.07, 6.45) is 1.55. The number of hydrogen-bond acceptors (Lipinski definition) is 7. The van der Waals surface area contributed by atoms with Crippen LogP contribution in [0.3, 0.4) is 0 Å². The van der Waals surface area contributed by atoms with Gasteiger partial charge in [0.15, 0.2) is 17.2 Å². The molecule has 3 rings (SSSR count). The molecule has 0 fully saturated rings. The van der Waals surface area contributed by atoms with Gasteiger partial charge in [0.05, 0.1) is 24.9 Å². The minimum atomic E-state index is -0.360. The number of benzene rings is 2. The Kier molecular flexibility index (Phi) is 5.82. The second kappa shape index (κ2) is 8.45. The second-order valence-electron chi connectivity index (χ2n) is 5.29. The maximum atomic E-state index is 12.2. The van der Waals surface area contributed by atoms with Crippen molar-refractivity contribution < 1.29 is 9.47 Å². The van der Waals surface area contributed by atoms with Crippen molar-refractivity contribution in [2.24, 2.45) is 5.10 Å². The Morgan fingerprint density at radius 2 is 1.89 bits per heavy atom. The van der Waals surface area contributed by atoms with Crippen LogP contribution in [0, 0.1) is 0 Å². The van der Waals surface area contributed by atoms with Crippen LogP contribution in [0.1, 0.15) is 5.56 Å². The maximum absolute atomic E-state index is 12.2. The molecule has 0 spiro atoms. The van der Waals surface area contributed by atoms with E-state index in [0.717, 1.165) is 5.56 Å². The van der Waals surface area contributed by atoms with Crippen LogP contribution in [0.4, 0.5) is 5.95 Å². The van der Waals surface area contributed by atoms with Gasteiger partial charge in [-0.3, -0.25) is 9.78 Å². The highest BCUT2D eigenvalue weighted by Gasteiger charge is 2.11. The minimum Gasteiger partial charge on any atom is -0.493 e. The Balaban J connectivity index is 1.78. The molecule has 2 N–H and O–H groups in total. The molecule has 0 amide bonds. The van der Waals surface area contributed by atoms with Crippen molar-refractivity contribution in [3.63, 3.8) is 0 Å². The number of hydrazone groups is 1. The molecule has 1 heterocycles. The number of hydrogen-bond donors (Lipinski definition) is 2. The van der Waals surface area contributed by atoms with Gasteiger partial charge in [-0.05, 0) is 28.1 Å². The van der Waals surface area contributed by atoms with E-state index in [4.69, 9.17) is 9.47 Å². The molecule has 0 saturated carbocycles. The Hall–Kier alpha value is -3.20. The van der Waals surface area contributed by atoms with Crippen molar-refractivity contribution in [2.75, 3.05) is 19.6 Å². The number of aromatic nitrogens is 3. The first kappa shape index (κ1) is 18.6. The van der Waals surface area contributed by atoms with Gasteiger partial charge in [0.2, 0.25) is 5.95 Å². The van der Waals surface area contributed by atoms with Crippen LogP contribution in [-0.4, -0.2) is 35.6 Å². The molecular weight excluding hydrogens is 414 g/mol. The Bertz CT molecular complexity index is 1020. The number of aromatic amines is 1. The molecule has 0 aliphatic carbocycles. The molecule has 0 aliphatic heterocycles. The van der Waals surface area contributed by atoms with Crippen molar-refractivity contribution in [1.29, 1.82) is 0 Å². The SMILES string of the molecule is COc1ccc(/C=N/Nc2nnc(-c3ccccc3)c(=O)[nH]2)c(Br)c1OC. The number of nitrogens with one attached hydrogen (secondary N) is 2. The number of methoxy groups -OCH3 is 2. The van der Waals surface area contributed by atoms with E-state index in [-0.39, 0.29) is 17.2 Å². The van der Waals surface area contributed by atoms with Crippen LogP contribution in [-0.2, 0) is 0 Å². The number of nitrogens with zero attached hydrogens (tertiary/aromatic N) is 3. The molecule has 138 valence electrons. The molecule has 3 aromatic rings. The lowest BCUT2D eigenvalue weighted by atomic mass is 10.2. The highest BCUT2D eigenvalue weighted by molar-refractivity contribution is 9.10. The van der Waals surface area contributed by atoms with E-state index in [1.807, 2.05) is 24.3 Å². The van der Waals surface area contributed by atoms with Crippen LogP contribution < -0.4 is 20.5 Å². The van der Waals surface area contributed by atoms with Gasteiger partial charge >= 0.3 is 0 Å². The third-order valence-corrected chi connectivity index (χ3v) is 4.45. The molecule has 0 saturated heterocycles. The van der Waals surface area contributed by atoms with Crippen LogP contribution in [0.2, 0.25) is 0 Å². The van der Waals surface area contributed by atoms with E-state index in [2.05, 4.69) is 41.6 Å². The fourth-order valence-corrected chi connectivity index (χ4v) is 2.93. The minimum absolute atomic E-state index is 0.132. The van der Waals surface area contributed by atoms with Gasteiger partial charge in [-0.1, -0.05) is 30.3 Å². The standard InChI is InChI=1S/C18H16BrN5O3/c1-26-13-9-8-12(14(19)16(13)27-2)10-20-23-18-21-17(25)15(22-24-18)11-6-4-3-5-7-11/h3-10H,1-2H3,(H2,21,23,24,25)/b20-10+. The van der Waals surface area contributed by atoms with Gasteiger partial charge in [0.25, 0.3) is 5.56 Å². The van der Waals surface area contributed by atoms with Gasteiger partial charge < -0.3 is 9.47 Å². The maximum Gasteiger partial charge on any atom is 0.279 e. The highest BCUT2D eigenvalue weighted by atomic mass is 79.9. The third-order valence-electron chi connectivity index (χ3n) is 3.63. The third kappa shape index (κ3) is 4.14. The first-order valence-corrected chi connectivity index (χ1v) is 8.65. The normalized spacial score (nSPS) is 10.8. The molecule has 1 aromatic heterocycles. The Morgan fingerprint density at radius 3 is 2.56 bits per heavy atom. The molecular formula is C18H16BrN5O3. The van der Waals surface area contributed by atoms with Crippen LogP contribution in [0.25, 0.3) is 11.3 Å². The zero-order chi connectivity index (χ0) is 19.2. The Morgan fingerprint density at radius 1 is 1.11 bits per heavy atom. The fourth-order valence-electron chi connectivity index (χ4n) is 2.34. The van der Waals surface area contributed by atoms with Crippen molar-refractivity contribution in [3.8, 4) is 22.8 Å². The number of anilines is 1. The van der Waals surface area contributed by atoms with Gasteiger partial charge in [0.1, 0.15) is 0 Å². The smallest absolute Gasteiger partial charge is 0.279 e. The molecule has 0 unspecified atom stereocenters. The van der Waals surface area contributed by atoms with Gasteiger partial charge in [-0.2, -0.15) is 5.10 Å². The largest absolute Gasteiger partial charge is 0.493 e. The second-order valence-corrected chi connectivity index (χ2v) is 6.08. The van der Waals surface area contributed by atoms with Crippen LogP contribution >= 0.6 is 15.9 Å². The molecule has 0 radical (unpaired) electrons. The predicted molar refractivity (Wildman–Crippen MR) is 107 cm³/mol. The summed E-state index contributed by atoms with van der Waals surface area (Å²) in [7, 11) is 3.12. The van der Waals surface area contributed by atoms with Crippen molar-refractivity contribution in [2.45, 2.75) is 0 Å². The summed E-state index contributed by atoms with van der Waals surface area (Å²) in [4.78, 5) is 14.8. The molecule has 2 aromatic carbocycles. The van der Waals surface area contributed by atoms with Gasteiger partial charge in [0, 0.05) is 11.1 Å². The monoisotopic (exact) mass is 429 g/mol. The average Bonchev–Trinajstić information content (AvgIpc) is 2.69. The Labute approximate surface area is 163 Å². The topological polar surface area (TPSA) is 101 Å². The van der Waals surface area contributed by atoms with Gasteiger partial charge in [-0.15, -0.1) is 10.2 Å². The number of ether oxygens (including phenoxy) is 2. The summed E-state index contributed by atoms with van der Waals surface area (Å²) in [5, 5.41) is 12.0. The average molecular weight is 430 g/mol. The first-order chi connectivity index (χ1) is 13.1. The van der Waals surface area contributed by atoms with Crippen LogP contribution in [0.15, 0.2) is 56.8 Å². The summed E-state index contributed by atoms with van der Waals surface area (Å²) in [5.74, 6) is 1.29. The quantitative estimate of drug-likeness (QED) is 0.461. The van der Waals surface area contributed by atoms with Crippen molar-refractivity contribution in [3.05, 3.63) is 62.9 Å². The number of halogens is 1. The van der Waals surface area contributed by atoms with Crippen molar-refractivity contribution in [1.82, 2.24) is 15.2 Å². The number of rotatable bonds is 6. The highest BCUT2D eigenvalue weighted by Crippen LogP contribution is 2.36. The summed E-state index contributed by atoms with van der Waals surface area (Å²) < 4.78 is 11.2. The van der Waals surface area contributed by atoms with E-state index >= 15 is 0 Å². The molecule has 0 aliphatic rings. The predicted octanol–water partition coefficient (Wildman–Crippen LogP) is 3.06. The lowest BCUT2D eigenvalue weighted by Crippen LogP contribution is -2.15. The molecule has 0 atom stereocenters. The lowest BCUT2D eigenvalue weighted by Gasteiger charge is -2.10. The van der Waals surface area contributed by atoms with E-state index in [1.165, 1.54) is 0 Å². The summed E-state index contributed by atoms with van der Waals surface area (Å²) in [5.41, 5.74) is 3.97. The van der Waals surface area contributed by atoms with Crippen LogP contribution in [0.5, 0.6) is 11.5 Å². The molecule has 8 nitrogen and oxygen atoms in total. The van der Waals surface area contributed by atoms with E-state index < -0.39 is 0 Å². The zero-order valence-electron chi connectivity index (χ0n) is 14.6. The first-order valence-electron chi connectivity index (χ1n) is 7.86. The zero-order valence-corrected chi connectivity index (χ0v) is 16.1. The lowest BCUT2D eigenvalue weighted by molar-refractivity contribution is 0.353. The van der Waals surface area contributed by atoms with E-state index in [0.29, 0.717) is 21.5 Å². The fraction of sp³-hybridized carbons (Fsp3) is 0.111. The summed E-state index contributed by atoms with van der Waals surface area (Å²) in [6, 6.07) is 12.7. The van der Waals surface area contributed by atoms with E-state index in [1.54, 1.807) is 38.6 Å². The van der Waals surface area contributed by atoms with Crippen molar-refractivity contribution >= 4 is 28.1 Å². The van der Waals surface area contributed by atoms with E-state index in [9.17, 15) is 4.79 Å².